The first-order valence-corrected chi connectivity index (χ1v) is 8.08. The molecule has 1 N–H and O–H groups in total. The minimum atomic E-state index is -3.63. The Hall–Kier alpha value is -2.25. The molecular weight excluding hydrogens is 304 g/mol. The van der Waals surface area contributed by atoms with Crippen LogP contribution in [0.2, 0.25) is 0 Å². The van der Waals surface area contributed by atoms with Gasteiger partial charge in [0, 0.05) is 18.9 Å². The number of carbonyl (C=O) groups excluding carboxylic acids is 1. The van der Waals surface area contributed by atoms with Crippen molar-refractivity contribution in [3.05, 3.63) is 48.8 Å². The van der Waals surface area contributed by atoms with E-state index in [-0.39, 0.29) is 17.9 Å². The monoisotopic (exact) mass is 320 g/mol. The maximum atomic E-state index is 12.1. The molecule has 116 valence electrons. The quantitative estimate of drug-likeness (QED) is 0.817. The van der Waals surface area contributed by atoms with Gasteiger partial charge in [-0.1, -0.05) is 12.1 Å². The molecule has 1 heterocycles. The lowest BCUT2D eigenvalue weighted by atomic mass is 10.1. The average molecular weight is 320 g/mol. The Morgan fingerprint density at radius 3 is 2.27 bits per heavy atom. The number of hydrogen-bond donors (Lipinski definition) is 1. The topological polar surface area (TPSA) is 85.4 Å². The number of nitrogens with one attached hydrogen (secondary N) is 1. The number of aromatic nitrogens is 1. The SMILES string of the molecule is COC(=O)CCNS(=O)(=O)c1ccc(-c2ccncc2)cc1. The zero-order valence-electron chi connectivity index (χ0n) is 12.0. The molecule has 0 saturated heterocycles. The standard InChI is InChI=1S/C15H16N2O4S/c1-21-15(18)8-11-17-22(19,20)14-4-2-12(3-5-14)13-6-9-16-10-7-13/h2-7,9-10,17H,8,11H2,1H3. The van der Waals surface area contributed by atoms with Crippen LogP contribution in [-0.4, -0.2) is 33.0 Å². The van der Waals surface area contributed by atoms with E-state index in [1.807, 2.05) is 12.1 Å². The van der Waals surface area contributed by atoms with E-state index in [1.54, 1.807) is 24.5 Å². The number of esters is 1. The van der Waals surface area contributed by atoms with Crippen LogP contribution in [0.15, 0.2) is 53.7 Å². The molecule has 22 heavy (non-hydrogen) atoms. The highest BCUT2D eigenvalue weighted by molar-refractivity contribution is 7.89. The molecule has 0 atom stereocenters. The second-order valence-electron chi connectivity index (χ2n) is 4.48. The van der Waals surface area contributed by atoms with Crippen molar-refractivity contribution in [3.8, 4) is 11.1 Å². The third kappa shape index (κ3) is 4.12. The van der Waals surface area contributed by atoms with E-state index in [1.165, 1.54) is 19.2 Å². The van der Waals surface area contributed by atoms with Crippen molar-refractivity contribution in [3.63, 3.8) is 0 Å². The number of pyridine rings is 1. The number of methoxy groups -OCH3 is 1. The van der Waals surface area contributed by atoms with Crippen LogP contribution in [0.3, 0.4) is 0 Å². The zero-order chi connectivity index (χ0) is 16.0. The average Bonchev–Trinajstić information content (AvgIpc) is 2.55. The van der Waals surface area contributed by atoms with Crippen molar-refractivity contribution >= 4 is 16.0 Å². The van der Waals surface area contributed by atoms with Crippen molar-refractivity contribution in [2.45, 2.75) is 11.3 Å². The maximum Gasteiger partial charge on any atom is 0.306 e. The molecule has 2 aromatic rings. The number of ether oxygens (including phenoxy) is 1. The lowest BCUT2D eigenvalue weighted by Gasteiger charge is -2.07. The van der Waals surface area contributed by atoms with Gasteiger partial charge in [-0.05, 0) is 35.4 Å². The molecular formula is C15H16N2O4S. The number of nitrogens with zero attached hydrogens (tertiary/aromatic N) is 1. The van der Waals surface area contributed by atoms with Crippen LogP contribution in [0.4, 0.5) is 0 Å². The summed E-state index contributed by atoms with van der Waals surface area (Å²) in [5, 5.41) is 0. The largest absolute Gasteiger partial charge is 0.469 e. The van der Waals surface area contributed by atoms with Gasteiger partial charge in [0.05, 0.1) is 18.4 Å². The van der Waals surface area contributed by atoms with Crippen LogP contribution in [-0.2, 0) is 19.6 Å². The highest BCUT2D eigenvalue weighted by Gasteiger charge is 2.14. The fourth-order valence-corrected chi connectivity index (χ4v) is 2.88. The Bertz CT molecular complexity index is 728. The van der Waals surface area contributed by atoms with E-state index in [0.717, 1.165) is 11.1 Å². The van der Waals surface area contributed by atoms with Crippen molar-refractivity contribution in [1.82, 2.24) is 9.71 Å². The van der Waals surface area contributed by atoms with Crippen LogP contribution in [0, 0.1) is 0 Å². The summed E-state index contributed by atoms with van der Waals surface area (Å²) >= 11 is 0. The fourth-order valence-electron chi connectivity index (χ4n) is 1.84. The first-order valence-electron chi connectivity index (χ1n) is 6.60. The van der Waals surface area contributed by atoms with Crippen LogP contribution >= 0.6 is 0 Å². The second kappa shape index (κ2) is 7.15. The molecule has 0 bridgehead atoms. The number of sulfonamides is 1. The van der Waals surface area contributed by atoms with Gasteiger partial charge in [-0.15, -0.1) is 0 Å². The summed E-state index contributed by atoms with van der Waals surface area (Å²) in [4.78, 5) is 15.1. The number of hydrogen-bond acceptors (Lipinski definition) is 5. The smallest absolute Gasteiger partial charge is 0.306 e. The van der Waals surface area contributed by atoms with Gasteiger partial charge in [0.25, 0.3) is 0 Å². The van der Waals surface area contributed by atoms with Crippen molar-refractivity contribution in [1.29, 1.82) is 0 Å². The molecule has 0 fully saturated rings. The van der Waals surface area contributed by atoms with E-state index < -0.39 is 16.0 Å². The summed E-state index contributed by atoms with van der Waals surface area (Å²) in [7, 11) is -2.37. The van der Waals surface area contributed by atoms with E-state index in [9.17, 15) is 13.2 Å². The van der Waals surface area contributed by atoms with Crippen molar-refractivity contribution < 1.29 is 17.9 Å². The van der Waals surface area contributed by atoms with E-state index in [2.05, 4.69) is 14.4 Å². The maximum absolute atomic E-state index is 12.1. The molecule has 2 rings (SSSR count). The Labute approximate surface area is 129 Å². The van der Waals surface area contributed by atoms with Crippen LogP contribution in [0.5, 0.6) is 0 Å². The van der Waals surface area contributed by atoms with Crippen LogP contribution in [0.1, 0.15) is 6.42 Å². The van der Waals surface area contributed by atoms with Gasteiger partial charge in [0.2, 0.25) is 10.0 Å². The molecule has 0 aliphatic rings. The highest BCUT2D eigenvalue weighted by Crippen LogP contribution is 2.20. The molecule has 0 unspecified atom stereocenters. The Kier molecular flexibility index (Phi) is 5.24. The Morgan fingerprint density at radius 2 is 1.68 bits per heavy atom. The van der Waals surface area contributed by atoms with Crippen molar-refractivity contribution in [2.24, 2.45) is 0 Å². The van der Waals surface area contributed by atoms with Gasteiger partial charge in [-0.2, -0.15) is 0 Å². The lowest BCUT2D eigenvalue weighted by molar-refractivity contribution is -0.140. The molecule has 0 spiro atoms. The summed E-state index contributed by atoms with van der Waals surface area (Å²) in [6, 6.07) is 10.2. The molecule has 0 radical (unpaired) electrons. The molecule has 0 aliphatic heterocycles. The molecule has 1 aromatic carbocycles. The van der Waals surface area contributed by atoms with Gasteiger partial charge in [-0.25, -0.2) is 13.1 Å². The predicted molar refractivity (Wildman–Crippen MR) is 81.5 cm³/mol. The van der Waals surface area contributed by atoms with Gasteiger partial charge >= 0.3 is 5.97 Å². The van der Waals surface area contributed by atoms with E-state index in [0.29, 0.717) is 0 Å². The first-order chi connectivity index (χ1) is 10.5. The number of benzene rings is 1. The zero-order valence-corrected chi connectivity index (χ0v) is 12.8. The second-order valence-corrected chi connectivity index (χ2v) is 6.25. The molecule has 7 heteroatoms. The Balaban J connectivity index is 2.07. The van der Waals surface area contributed by atoms with Gasteiger partial charge < -0.3 is 4.74 Å². The summed E-state index contributed by atoms with van der Waals surface area (Å²) in [6.45, 7) is 0.00110. The van der Waals surface area contributed by atoms with Crippen LogP contribution in [0.25, 0.3) is 11.1 Å². The van der Waals surface area contributed by atoms with E-state index in [4.69, 9.17) is 0 Å². The van der Waals surface area contributed by atoms with E-state index >= 15 is 0 Å². The molecule has 6 nitrogen and oxygen atoms in total. The van der Waals surface area contributed by atoms with Crippen LogP contribution < -0.4 is 4.72 Å². The molecule has 1 aromatic heterocycles. The van der Waals surface area contributed by atoms with Gasteiger partial charge in [0.1, 0.15) is 0 Å². The minimum absolute atomic E-state index is 0.00110. The number of rotatable bonds is 6. The third-order valence-corrected chi connectivity index (χ3v) is 4.50. The first kappa shape index (κ1) is 16.1. The summed E-state index contributed by atoms with van der Waals surface area (Å²) in [6.07, 6.45) is 3.34. The molecule has 0 amide bonds. The molecule has 0 saturated carbocycles. The third-order valence-electron chi connectivity index (χ3n) is 3.03. The lowest BCUT2D eigenvalue weighted by Crippen LogP contribution is -2.26. The normalized spacial score (nSPS) is 11.1. The van der Waals surface area contributed by atoms with Gasteiger partial charge in [-0.3, -0.25) is 9.78 Å². The minimum Gasteiger partial charge on any atom is -0.469 e. The highest BCUT2D eigenvalue weighted by atomic mass is 32.2. The number of carbonyl (C=O) groups is 1. The Morgan fingerprint density at radius 1 is 1.09 bits per heavy atom. The molecule has 0 aliphatic carbocycles. The fraction of sp³-hybridized carbons (Fsp3) is 0.200. The summed E-state index contributed by atoms with van der Waals surface area (Å²) < 4.78 is 31.0. The summed E-state index contributed by atoms with van der Waals surface area (Å²) in [5.74, 6) is -0.462. The van der Waals surface area contributed by atoms with Crippen molar-refractivity contribution in [2.75, 3.05) is 13.7 Å². The summed E-state index contributed by atoms with van der Waals surface area (Å²) in [5.41, 5.74) is 1.86. The predicted octanol–water partition coefficient (Wildman–Crippen LogP) is 1.59. The van der Waals surface area contributed by atoms with Gasteiger partial charge in [0.15, 0.2) is 0 Å².